The normalized spacial score (nSPS) is 10.9. The van der Waals surface area contributed by atoms with Crippen molar-refractivity contribution in [3.8, 4) is 0 Å². The molecule has 1 aromatic heterocycles. The van der Waals surface area contributed by atoms with Gasteiger partial charge in [0, 0.05) is 19.2 Å². The molecule has 1 amide bonds. The number of rotatable bonds is 7. The van der Waals surface area contributed by atoms with Crippen molar-refractivity contribution in [3.63, 3.8) is 0 Å². The van der Waals surface area contributed by atoms with Gasteiger partial charge in [-0.05, 0) is 12.5 Å². The van der Waals surface area contributed by atoms with Crippen LogP contribution in [-0.4, -0.2) is 27.4 Å². The SMILES string of the molecule is CC(C)CNCc1cn(CCC(N)=O)nn1. The Bertz CT molecular complexity index is 334. The molecule has 0 aliphatic heterocycles. The lowest BCUT2D eigenvalue weighted by molar-refractivity contribution is -0.118. The maximum atomic E-state index is 10.6. The first kappa shape index (κ1) is 12.6. The summed E-state index contributed by atoms with van der Waals surface area (Å²) in [6.45, 7) is 6.45. The average Bonchev–Trinajstić information content (AvgIpc) is 2.62. The second-order valence-corrected chi connectivity index (χ2v) is 4.21. The van der Waals surface area contributed by atoms with Crippen molar-refractivity contribution in [2.24, 2.45) is 11.7 Å². The van der Waals surface area contributed by atoms with Gasteiger partial charge in [-0.2, -0.15) is 0 Å². The van der Waals surface area contributed by atoms with Crippen molar-refractivity contribution in [2.75, 3.05) is 6.54 Å². The molecule has 90 valence electrons. The fraction of sp³-hybridized carbons (Fsp3) is 0.700. The van der Waals surface area contributed by atoms with Crippen molar-refractivity contribution in [2.45, 2.75) is 33.4 Å². The molecule has 6 heteroatoms. The first-order valence-electron chi connectivity index (χ1n) is 5.46. The molecule has 1 rings (SSSR count). The van der Waals surface area contributed by atoms with E-state index in [-0.39, 0.29) is 5.91 Å². The van der Waals surface area contributed by atoms with Crippen LogP contribution in [-0.2, 0) is 17.9 Å². The van der Waals surface area contributed by atoms with E-state index in [1.165, 1.54) is 0 Å². The molecule has 16 heavy (non-hydrogen) atoms. The van der Waals surface area contributed by atoms with Crippen molar-refractivity contribution in [3.05, 3.63) is 11.9 Å². The Balaban J connectivity index is 2.30. The predicted molar refractivity (Wildman–Crippen MR) is 60.4 cm³/mol. The fourth-order valence-corrected chi connectivity index (χ4v) is 1.24. The van der Waals surface area contributed by atoms with Crippen LogP contribution < -0.4 is 11.1 Å². The molecule has 3 N–H and O–H groups in total. The minimum Gasteiger partial charge on any atom is -0.370 e. The highest BCUT2D eigenvalue weighted by molar-refractivity contribution is 5.73. The van der Waals surface area contributed by atoms with E-state index in [0.717, 1.165) is 12.2 Å². The van der Waals surface area contributed by atoms with Crippen LogP contribution >= 0.6 is 0 Å². The van der Waals surface area contributed by atoms with Gasteiger partial charge < -0.3 is 11.1 Å². The fourth-order valence-electron chi connectivity index (χ4n) is 1.24. The van der Waals surface area contributed by atoms with E-state index in [1.807, 2.05) is 6.20 Å². The monoisotopic (exact) mass is 225 g/mol. The highest BCUT2D eigenvalue weighted by Gasteiger charge is 2.02. The van der Waals surface area contributed by atoms with E-state index in [4.69, 9.17) is 5.73 Å². The molecule has 0 spiro atoms. The smallest absolute Gasteiger partial charge is 0.219 e. The average molecular weight is 225 g/mol. The number of nitrogens with one attached hydrogen (secondary N) is 1. The molecule has 0 aromatic carbocycles. The van der Waals surface area contributed by atoms with Gasteiger partial charge in [0.25, 0.3) is 0 Å². The molecule has 0 unspecified atom stereocenters. The number of aryl methyl sites for hydroxylation is 1. The van der Waals surface area contributed by atoms with Crippen LogP contribution in [0.15, 0.2) is 6.20 Å². The van der Waals surface area contributed by atoms with Crippen LogP contribution in [0, 0.1) is 5.92 Å². The van der Waals surface area contributed by atoms with Crippen LogP contribution in [0.25, 0.3) is 0 Å². The Labute approximate surface area is 95.2 Å². The highest BCUT2D eigenvalue weighted by atomic mass is 16.1. The number of carbonyl (C=O) groups is 1. The van der Waals surface area contributed by atoms with E-state index in [2.05, 4.69) is 29.5 Å². The maximum Gasteiger partial charge on any atom is 0.219 e. The topological polar surface area (TPSA) is 85.8 Å². The summed E-state index contributed by atoms with van der Waals surface area (Å²) in [4.78, 5) is 10.6. The second kappa shape index (κ2) is 6.22. The van der Waals surface area contributed by atoms with Gasteiger partial charge in [0.15, 0.2) is 0 Å². The Morgan fingerprint density at radius 1 is 1.62 bits per heavy atom. The molecule has 0 atom stereocenters. The lowest BCUT2D eigenvalue weighted by Crippen LogP contribution is -2.19. The third kappa shape index (κ3) is 4.88. The van der Waals surface area contributed by atoms with Crippen molar-refractivity contribution < 1.29 is 4.79 Å². The Hall–Kier alpha value is -1.43. The quantitative estimate of drug-likeness (QED) is 0.678. The Morgan fingerprint density at radius 2 is 2.38 bits per heavy atom. The number of hydrogen-bond acceptors (Lipinski definition) is 4. The molecular formula is C10H19N5O. The molecular weight excluding hydrogens is 206 g/mol. The van der Waals surface area contributed by atoms with Gasteiger partial charge in [-0.15, -0.1) is 5.10 Å². The van der Waals surface area contributed by atoms with Gasteiger partial charge >= 0.3 is 0 Å². The van der Waals surface area contributed by atoms with E-state index in [0.29, 0.717) is 25.4 Å². The number of carbonyl (C=O) groups excluding carboxylic acids is 1. The van der Waals surface area contributed by atoms with Gasteiger partial charge in [-0.1, -0.05) is 19.1 Å². The Kier molecular flexibility index (Phi) is 4.91. The number of hydrogen-bond donors (Lipinski definition) is 2. The molecule has 0 saturated heterocycles. The Morgan fingerprint density at radius 3 is 3.00 bits per heavy atom. The highest BCUT2D eigenvalue weighted by Crippen LogP contribution is 1.95. The number of nitrogens with zero attached hydrogens (tertiary/aromatic N) is 3. The van der Waals surface area contributed by atoms with Gasteiger partial charge in [0.2, 0.25) is 5.91 Å². The third-order valence-electron chi connectivity index (χ3n) is 2.03. The summed E-state index contributed by atoms with van der Waals surface area (Å²) in [5.41, 5.74) is 5.93. The molecule has 0 saturated carbocycles. The van der Waals surface area contributed by atoms with Crippen molar-refractivity contribution in [1.29, 1.82) is 0 Å². The third-order valence-corrected chi connectivity index (χ3v) is 2.03. The standard InChI is InChI=1S/C10H19N5O/c1-8(2)5-12-6-9-7-15(14-13-9)4-3-10(11)16/h7-8,12H,3-6H2,1-2H3,(H2,11,16). The first-order chi connectivity index (χ1) is 7.58. The lowest BCUT2D eigenvalue weighted by atomic mass is 10.2. The van der Waals surface area contributed by atoms with Crippen LogP contribution in [0.5, 0.6) is 0 Å². The number of aromatic nitrogens is 3. The second-order valence-electron chi connectivity index (χ2n) is 4.21. The molecule has 0 radical (unpaired) electrons. The predicted octanol–water partition coefficient (Wildman–Crippen LogP) is -0.101. The summed E-state index contributed by atoms with van der Waals surface area (Å²) in [6.07, 6.45) is 2.12. The molecule has 1 heterocycles. The first-order valence-corrected chi connectivity index (χ1v) is 5.46. The summed E-state index contributed by atoms with van der Waals surface area (Å²) in [7, 11) is 0. The zero-order valence-electron chi connectivity index (χ0n) is 9.81. The summed E-state index contributed by atoms with van der Waals surface area (Å²) in [5, 5.41) is 11.2. The number of nitrogens with two attached hydrogens (primary N) is 1. The minimum atomic E-state index is -0.324. The molecule has 0 aliphatic carbocycles. The van der Waals surface area contributed by atoms with Gasteiger partial charge in [-0.25, -0.2) is 0 Å². The largest absolute Gasteiger partial charge is 0.370 e. The van der Waals surface area contributed by atoms with Crippen LogP contribution in [0.2, 0.25) is 0 Å². The van der Waals surface area contributed by atoms with Gasteiger partial charge in [0.1, 0.15) is 0 Å². The van der Waals surface area contributed by atoms with E-state index < -0.39 is 0 Å². The van der Waals surface area contributed by atoms with Crippen LogP contribution in [0.1, 0.15) is 26.0 Å². The van der Waals surface area contributed by atoms with E-state index in [9.17, 15) is 4.79 Å². The maximum absolute atomic E-state index is 10.6. The molecule has 6 nitrogen and oxygen atoms in total. The van der Waals surface area contributed by atoms with Gasteiger partial charge in [-0.3, -0.25) is 9.48 Å². The summed E-state index contributed by atoms with van der Waals surface area (Å²) >= 11 is 0. The molecule has 0 aliphatic rings. The molecule has 0 fully saturated rings. The summed E-state index contributed by atoms with van der Waals surface area (Å²) < 4.78 is 1.64. The molecule has 0 bridgehead atoms. The minimum absolute atomic E-state index is 0.294. The molecule has 1 aromatic rings. The number of primary amides is 1. The zero-order valence-corrected chi connectivity index (χ0v) is 9.81. The van der Waals surface area contributed by atoms with E-state index >= 15 is 0 Å². The van der Waals surface area contributed by atoms with Crippen LogP contribution in [0.3, 0.4) is 0 Å². The van der Waals surface area contributed by atoms with E-state index in [1.54, 1.807) is 4.68 Å². The summed E-state index contributed by atoms with van der Waals surface area (Å²) in [5.74, 6) is 0.292. The number of amides is 1. The van der Waals surface area contributed by atoms with Gasteiger partial charge in [0.05, 0.1) is 12.2 Å². The van der Waals surface area contributed by atoms with Crippen molar-refractivity contribution >= 4 is 5.91 Å². The zero-order chi connectivity index (χ0) is 12.0. The van der Waals surface area contributed by atoms with Crippen LogP contribution in [0.4, 0.5) is 0 Å². The summed E-state index contributed by atoms with van der Waals surface area (Å²) in [6, 6.07) is 0. The van der Waals surface area contributed by atoms with Crippen molar-refractivity contribution in [1.82, 2.24) is 20.3 Å². The lowest BCUT2D eigenvalue weighted by Gasteiger charge is -2.04.